The molecule has 0 atom stereocenters. The Labute approximate surface area is 82.8 Å². The number of anilines is 1. The van der Waals surface area contributed by atoms with E-state index in [-0.39, 0.29) is 5.91 Å². The highest BCUT2D eigenvalue weighted by molar-refractivity contribution is 6.08. The van der Waals surface area contributed by atoms with Crippen molar-refractivity contribution in [1.82, 2.24) is 5.32 Å². The van der Waals surface area contributed by atoms with E-state index >= 15 is 0 Å². The van der Waals surface area contributed by atoms with Crippen LogP contribution in [-0.4, -0.2) is 18.8 Å². The van der Waals surface area contributed by atoms with E-state index in [1.54, 1.807) is 38.2 Å². The molecule has 0 heterocycles. The fraction of sp³-hybridized carbons (Fsp3) is 0.200. The van der Waals surface area contributed by atoms with Gasteiger partial charge in [-0.2, -0.15) is 0 Å². The SMILES string of the molecule is CN=C(C)NC(=O)c1ccccc1N. The molecule has 1 rings (SSSR count). The number of nitrogens with one attached hydrogen (secondary N) is 1. The first-order chi connectivity index (χ1) is 6.65. The average Bonchev–Trinajstić information content (AvgIpc) is 2.18. The summed E-state index contributed by atoms with van der Waals surface area (Å²) in [6.45, 7) is 1.72. The summed E-state index contributed by atoms with van der Waals surface area (Å²) in [4.78, 5) is 15.4. The van der Waals surface area contributed by atoms with Crippen molar-refractivity contribution in [3.8, 4) is 0 Å². The number of amidine groups is 1. The van der Waals surface area contributed by atoms with Crippen molar-refractivity contribution in [2.45, 2.75) is 6.92 Å². The van der Waals surface area contributed by atoms with Gasteiger partial charge in [0.05, 0.1) is 11.4 Å². The highest BCUT2D eigenvalue weighted by Crippen LogP contribution is 2.09. The predicted molar refractivity (Wildman–Crippen MR) is 57.4 cm³/mol. The molecule has 0 saturated heterocycles. The Morgan fingerprint density at radius 2 is 2.07 bits per heavy atom. The lowest BCUT2D eigenvalue weighted by atomic mass is 10.1. The number of nitrogens with two attached hydrogens (primary N) is 1. The molecule has 74 valence electrons. The summed E-state index contributed by atoms with van der Waals surface area (Å²) in [6, 6.07) is 6.91. The van der Waals surface area contributed by atoms with E-state index in [1.165, 1.54) is 0 Å². The van der Waals surface area contributed by atoms with Gasteiger partial charge in [0.2, 0.25) is 0 Å². The van der Waals surface area contributed by atoms with E-state index in [2.05, 4.69) is 10.3 Å². The van der Waals surface area contributed by atoms with Crippen molar-refractivity contribution in [1.29, 1.82) is 0 Å². The van der Waals surface area contributed by atoms with Gasteiger partial charge in [-0.3, -0.25) is 9.79 Å². The number of carbonyl (C=O) groups is 1. The molecule has 0 bridgehead atoms. The second-order valence-corrected chi connectivity index (χ2v) is 2.85. The quantitative estimate of drug-likeness (QED) is 0.396. The van der Waals surface area contributed by atoms with E-state index in [9.17, 15) is 4.79 Å². The third-order valence-electron chi connectivity index (χ3n) is 1.84. The lowest BCUT2D eigenvalue weighted by molar-refractivity contribution is 0.0977. The summed E-state index contributed by atoms with van der Waals surface area (Å²) >= 11 is 0. The molecule has 0 saturated carbocycles. The van der Waals surface area contributed by atoms with Gasteiger partial charge in [-0.15, -0.1) is 0 Å². The minimum atomic E-state index is -0.230. The van der Waals surface area contributed by atoms with Gasteiger partial charge in [0, 0.05) is 12.7 Å². The Morgan fingerprint density at radius 3 is 2.64 bits per heavy atom. The first-order valence-electron chi connectivity index (χ1n) is 4.24. The number of hydrogen-bond donors (Lipinski definition) is 2. The van der Waals surface area contributed by atoms with E-state index < -0.39 is 0 Å². The Bertz CT molecular complexity index is 371. The maximum absolute atomic E-state index is 11.6. The maximum atomic E-state index is 11.6. The minimum Gasteiger partial charge on any atom is -0.398 e. The number of hydrogen-bond acceptors (Lipinski definition) is 3. The van der Waals surface area contributed by atoms with E-state index in [1.807, 2.05) is 0 Å². The van der Waals surface area contributed by atoms with Crippen LogP contribution in [0.2, 0.25) is 0 Å². The smallest absolute Gasteiger partial charge is 0.258 e. The van der Waals surface area contributed by atoms with Crippen LogP contribution >= 0.6 is 0 Å². The van der Waals surface area contributed by atoms with Gasteiger partial charge in [-0.1, -0.05) is 12.1 Å². The van der Waals surface area contributed by atoms with Crippen molar-refractivity contribution < 1.29 is 4.79 Å². The van der Waals surface area contributed by atoms with E-state index in [0.717, 1.165) is 0 Å². The van der Waals surface area contributed by atoms with Gasteiger partial charge < -0.3 is 11.1 Å². The summed E-state index contributed by atoms with van der Waals surface area (Å²) in [6.07, 6.45) is 0. The molecule has 0 radical (unpaired) electrons. The number of rotatable bonds is 1. The number of benzene rings is 1. The molecule has 1 amide bonds. The first-order valence-corrected chi connectivity index (χ1v) is 4.24. The minimum absolute atomic E-state index is 0.230. The summed E-state index contributed by atoms with van der Waals surface area (Å²) in [5.41, 5.74) is 6.57. The van der Waals surface area contributed by atoms with Gasteiger partial charge in [-0.25, -0.2) is 0 Å². The van der Waals surface area contributed by atoms with Crippen LogP contribution in [0.5, 0.6) is 0 Å². The van der Waals surface area contributed by atoms with Crippen LogP contribution in [0.1, 0.15) is 17.3 Å². The highest BCUT2D eigenvalue weighted by atomic mass is 16.1. The Hall–Kier alpha value is -1.84. The zero-order valence-corrected chi connectivity index (χ0v) is 8.24. The third kappa shape index (κ3) is 2.32. The fourth-order valence-corrected chi connectivity index (χ4v) is 0.991. The van der Waals surface area contributed by atoms with Gasteiger partial charge >= 0.3 is 0 Å². The molecular weight excluding hydrogens is 178 g/mol. The molecule has 1 aromatic rings. The molecule has 0 aromatic heterocycles. The van der Waals surface area contributed by atoms with Crippen molar-refractivity contribution in [2.75, 3.05) is 12.8 Å². The molecule has 0 spiro atoms. The van der Waals surface area contributed by atoms with Crippen LogP contribution in [0.15, 0.2) is 29.3 Å². The molecule has 14 heavy (non-hydrogen) atoms. The van der Waals surface area contributed by atoms with E-state index in [4.69, 9.17) is 5.73 Å². The topological polar surface area (TPSA) is 67.5 Å². The molecule has 4 heteroatoms. The second-order valence-electron chi connectivity index (χ2n) is 2.85. The number of carbonyl (C=O) groups excluding carboxylic acids is 1. The second kappa shape index (κ2) is 4.41. The Morgan fingerprint density at radius 1 is 1.43 bits per heavy atom. The number of nitrogen functional groups attached to an aromatic ring is 1. The molecular formula is C10H13N3O. The van der Waals surface area contributed by atoms with Crippen molar-refractivity contribution in [3.63, 3.8) is 0 Å². The summed E-state index contributed by atoms with van der Waals surface area (Å²) < 4.78 is 0. The normalized spacial score (nSPS) is 11.1. The molecule has 4 nitrogen and oxygen atoms in total. The highest BCUT2D eigenvalue weighted by Gasteiger charge is 2.08. The van der Waals surface area contributed by atoms with Crippen molar-refractivity contribution in [3.05, 3.63) is 29.8 Å². The molecule has 0 aliphatic carbocycles. The summed E-state index contributed by atoms with van der Waals surface area (Å²) in [5, 5.41) is 2.62. The monoisotopic (exact) mass is 191 g/mol. The van der Waals surface area contributed by atoms with Crippen LogP contribution in [0, 0.1) is 0 Å². The van der Waals surface area contributed by atoms with Crippen molar-refractivity contribution in [2.24, 2.45) is 4.99 Å². The summed E-state index contributed by atoms with van der Waals surface area (Å²) in [7, 11) is 1.62. The fourth-order valence-electron chi connectivity index (χ4n) is 0.991. The van der Waals surface area contributed by atoms with Crippen LogP contribution in [0.25, 0.3) is 0 Å². The first kappa shape index (κ1) is 10.2. The molecule has 3 N–H and O–H groups in total. The number of aliphatic imine (C=N–C) groups is 1. The van der Waals surface area contributed by atoms with Crippen LogP contribution in [-0.2, 0) is 0 Å². The van der Waals surface area contributed by atoms with Gasteiger partial charge in [0.25, 0.3) is 5.91 Å². The number of para-hydroxylation sites is 1. The zero-order chi connectivity index (χ0) is 10.6. The lowest BCUT2D eigenvalue weighted by Gasteiger charge is -2.05. The molecule has 0 aliphatic heterocycles. The molecule has 0 aliphatic rings. The molecule has 0 unspecified atom stereocenters. The zero-order valence-electron chi connectivity index (χ0n) is 8.24. The largest absolute Gasteiger partial charge is 0.398 e. The summed E-state index contributed by atoms with van der Waals surface area (Å²) in [5.74, 6) is 0.337. The lowest BCUT2D eigenvalue weighted by Crippen LogP contribution is -2.28. The Kier molecular flexibility index (Phi) is 3.23. The maximum Gasteiger partial charge on any atom is 0.258 e. The third-order valence-corrected chi connectivity index (χ3v) is 1.84. The number of amides is 1. The molecule has 0 fully saturated rings. The van der Waals surface area contributed by atoms with Crippen LogP contribution in [0.4, 0.5) is 5.69 Å². The average molecular weight is 191 g/mol. The molecule has 1 aromatic carbocycles. The van der Waals surface area contributed by atoms with Gasteiger partial charge in [-0.05, 0) is 19.1 Å². The number of nitrogens with zero attached hydrogens (tertiary/aromatic N) is 1. The predicted octanol–water partition coefficient (Wildman–Crippen LogP) is 1.05. The van der Waals surface area contributed by atoms with Crippen LogP contribution < -0.4 is 11.1 Å². The van der Waals surface area contributed by atoms with Crippen LogP contribution in [0.3, 0.4) is 0 Å². The standard InChI is InChI=1S/C10H13N3O/c1-7(12-2)13-10(14)8-5-3-4-6-9(8)11/h3-6H,11H2,1-2H3,(H,12,13,14). The Balaban J connectivity index is 2.85. The van der Waals surface area contributed by atoms with Crippen molar-refractivity contribution >= 4 is 17.4 Å². The van der Waals surface area contributed by atoms with E-state index in [0.29, 0.717) is 17.1 Å². The van der Waals surface area contributed by atoms with Gasteiger partial charge in [0.1, 0.15) is 0 Å². The van der Waals surface area contributed by atoms with Gasteiger partial charge in [0.15, 0.2) is 0 Å².